The topological polar surface area (TPSA) is 86.6 Å². The van der Waals surface area contributed by atoms with Crippen LogP contribution in [0.5, 0.6) is 0 Å². The van der Waals surface area contributed by atoms with Crippen LogP contribution in [-0.4, -0.2) is 34.7 Å². The highest BCUT2D eigenvalue weighted by Gasteiger charge is 2.21. The summed E-state index contributed by atoms with van der Waals surface area (Å²) in [6.07, 6.45) is -1.90. The summed E-state index contributed by atoms with van der Waals surface area (Å²) in [5.41, 5.74) is -1.05. The number of aliphatic hydroxyl groups excluding tert-OH is 1. The third kappa shape index (κ3) is 3.20. The molecule has 1 amide bonds. The van der Waals surface area contributed by atoms with Crippen molar-refractivity contribution in [2.45, 2.75) is 6.10 Å². The van der Waals surface area contributed by atoms with Gasteiger partial charge in [0.15, 0.2) is 6.10 Å². The van der Waals surface area contributed by atoms with E-state index in [0.29, 0.717) is 12.1 Å². The number of carboxylic acids is 1. The zero-order chi connectivity index (χ0) is 13.9. The Morgan fingerprint density at radius 2 is 1.72 bits per heavy atom. The van der Waals surface area contributed by atoms with Gasteiger partial charge in [-0.05, 0) is 0 Å². The fourth-order valence-corrected chi connectivity index (χ4v) is 1.12. The number of hydrogen-bond acceptors (Lipinski definition) is 3. The molecule has 0 aliphatic rings. The molecule has 0 spiro atoms. The van der Waals surface area contributed by atoms with Crippen molar-refractivity contribution < 1.29 is 33.0 Å². The van der Waals surface area contributed by atoms with E-state index in [0.717, 1.165) is 0 Å². The summed E-state index contributed by atoms with van der Waals surface area (Å²) < 4.78 is 38.8. The highest BCUT2D eigenvalue weighted by molar-refractivity contribution is 5.95. The van der Waals surface area contributed by atoms with Crippen LogP contribution in [0.4, 0.5) is 13.2 Å². The fraction of sp³-hybridized carbons (Fsp3) is 0.200. The Labute approximate surface area is 98.8 Å². The van der Waals surface area contributed by atoms with E-state index in [9.17, 15) is 22.8 Å². The van der Waals surface area contributed by atoms with Crippen molar-refractivity contribution in [1.82, 2.24) is 5.32 Å². The quantitative estimate of drug-likeness (QED) is 0.728. The minimum absolute atomic E-state index is 0.311. The van der Waals surface area contributed by atoms with Gasteiger partial charge in [0, 0.05) is 12.1 Å². The van der Waals surface area contributed by atoms with Gasteiger partial charge in [0.2, 0.25) is 0 Å². The summed E-state index contributed by atoms with van der Waals surface area (Å²) in [6, 6.07) is 0.622. The van der Waals surface area contributed by atoms with Gasteiger partial charge in [-0.25, -0.2) is 18.0 Å². The Morgan fingerprint density at radius 1 is 1.22 bits per heavy atom. The van der Waals surface area contributed by atoms with E-state index < -0.39 is 47.5 Å². The largest absolute Gasteiger partial charge is 0.479 e. The lowest BCUT2D eigenvalue weighted by atomic mass is 10.1. The smallest absolute Gasteiger partial charge is 0.334 e. The highest BCUT2D eigenvalue weighted by Crippen LogP contribution is 2.14. The van der Waals surface area contributed by atoms with Gasteiger partial charge in [0.05, 0.1) is 6.54 Å². The molecule has 0 fully saturated rings. The number of rotatable bonds is 4. The van der Waals surface area contributed by atoms with Crippen molar-refractivity contribution in [2.75, 3.05) is 6.54 Å². The molecule has 1 rings (SSSR count). The van der Waals surface area contributed by atoms with Crippen molar-refractivity contribution in [2.24, 2.45) is 0 Å². The van der Waals surface area contributed by atoms with Gasteiger partial charge in [-0.15, -0.1) is 0 Å². The molecule has 8 heteroatoms. The number of carbonyl (C=O) groups is 2. The number of hydrogen-bond donors (Lipinski definition) is 3. The number of halogens is 3. The minimum Gasteiger partial charge on any atom is -0.479 e. The summed E-state index contributed by atoms with van der Waals surface area (Å²) in [4.78, 5) is 21.5. The third-order valence-electron chi connectivity index (χ3n) is 1.97. The SMILES string of the molecule is O=C(NCC(O)C(=O)O)c1c(F)cc(F)cc1F. The Balaban J connectivity index is 2.82. The highest BCUT2D eigenvalue weighted by atomic mass is 19.1. The maximum absolute atomic E-state index is 13.1. The van der Waals surface area contributed by atoms with Crippen LogP contribution in [0.15, 0.2) is 12.1 Å². The third-order valence-corrected chi connectivity index (χ3v) is 1.97. The summed E-state index contributed by atoms with van der Waals surface area (Å²) in [5.74, 6) is -6.92. The number of aliphatic hydroxyl groups is 1. The maximum Gasteiger partial charge on any atom is 0.334 e. The van der Waals surface area contributed by atoms with E-state index in [1.54, 1.807) is 0 Å². The molecule has 0 aliphatic heterocycles. The van der Waals surface area contributed by atoms with Crippen molar-refractivity contribution in [3.8, 4) is 0 Å². The molecule has 0 saturated carbocycles. The summed E-state index contributed by atoms with van der Waals surface area (Å²) >= 11 is 0. The molecule has 0 heterocycles. The van der Waals surface area contributed by atoms with Gasteiger partial charge >= 0.3 is 5.97 Å². The second-order valence-electron chi connectivity index (χ2n) is 3.31. The van der Waals surface area contributed by atoms with E-state index in [2.05, 4.69) is 0 Å². The van der Waals surface area contributed by atoms with E-state index in [1.807, 2.05) is 5.32 Å². The first-order chi connectivity index (χ1) is 8.32. The number of aliphatic carboxylic acids is 1. The van der Waals surface area contributed by atoms with Crippen LogP contribution in [-0.2, 0) is 4.79 Å². The van der Waals surface area contributed by atoms with Gasteiger partial charge in [-0.2, -0.15) is 0 Å². The molecule has 0 bridgehead atoms. The number of carboxylic acid groups (broad SMARTS) is 1. The minimum atomic E-state index is -1.90. The molecule has 1 aromatic carbocycles. The molecule has 0 aromatic heterocycles. The van der Waals surface area contributed by atoms with Crippen molar-refractivity contribution >= 4 is 11.9 Å². The average molecular weight is 263 g/mol. The van der Waals surface area contributed by atoms with Crippen LogP contribution < -0.4 is 5.32 Å². The Kier molecular flexibility index (Phi) is 4.27. The van der Waals surface area contributed by atoms with Gasteiger partial charge in [0.25, 0.3) is 5.91 Å². The van der Waals surface area contributed by atoms with Crippen LogP contribution in [0.25, 0.3) is 0 Å². The molecule has 0 radical (unpaired) electrons. The molecule has 98 valence electrons. The Bertz CT molecular complexity index is 469. The second-order valence-corrected chi connectivity index (χ2v) is 3.31. The molecule has 1 unspecified atom stereocenters. The molecule has 3 N–H and O–H groups in total. The lowest BCUT2D eigenvalue weighted by molar-refractivity contribution is -0.146. The zero-order valence-electron chi connectivity index (χ0n) is 8.78. The maximum atomic E-state index is 13.1. The molecule has 0 aliphatic carbocycles. The van der Waals surface area contributed by atoms with Gasteiger partial charge < -0.3 is 15.5 Å². The first-order valence-electron chi connectivity index (χ1n) is 4.66. The van der Waals surface area contributed by atoms with Crippen LogP contribution in [0.1, 0.15) is 10.4 Å². The standard InChI is InChI=1S/C10H8F3NO4/c11-4-1-5(12)8(6(13)2-4)9(16)14-3-7(15)10(17)18/h1-2,7,15H,3H2,(H,14,16)(H,17,18). The summed E-state index contributed by atoms with van der Waals surface area (Å²) in [7, 11) is 0. The molecular weight excluding hydrogens is 255 g/mol. The Hall–Kier alpha value is -2.09. The van der Waals surface area contributed by atoms with E-state index in [1.165, 1.54) is 0 Å². The summed E-state index contributed by atoms with van der Waals surface area (Å²) in [6.45, 7) is -0.732. The first-order valence-corrected chi connectivity index (χ1v) is 4.66. The molecule has 0 saturated heterocycles. The lowest BCUT2D eigenvalue weighted by Gasteiger charge is -2.09. The number of amides is 1. The van der Waals surface area contributed by atoms with Crippen LogP contribution in [0.2, 0.25) is 0 Å². The molecular formula is C10H8F3NO4. The van der Waals surface area contributed by atoms with Crippen molar-refractivity contribution in [3.05, 3.63) is 35.1 Å². The van der Waals surface area contributed by atoms with Crippen LogP contribution in [0, 0.1) is 17.5 Å². The van der Waals surface area contributed by atoms with Gasteiger partial charge in [0.1, 0.15) is 23.0 Å². The van der Waals surface area contributed by atoms with E-state index in [-0.39, 0.29) is 0 Å². The molecule has 18 heavy (non-hydrogen) atoms. The van der Waals surface area contributed by atoms with Crippen LogP contribution in [0.3, 0.4) is 0 Å². The number of benzene rings is 1. The predicted octanol–water partition coefficient (Wildman–Crippen LogP) is 0.279. The van der Waals surface area contributed by atoms with Gasteiger partial charge in [-0.3, -0.25) is 4.79 Å². The first kappa shape index (κ1) is 14.0. The summed E-state index contributed by atoms with van der Waals surface area (Å²) in [5, 5.41) is 19.0. The zero-order valence-corrected chi connectivity index (χ0v) is 8.78. The molecule has 5 nitrogen and oxygen atoms in total. The number of carbonyl (C=O) groups excluding carboxylic acids is 1. The normalized spacial score (nSPS) is 12.0. The number of nitrogens with one attached hydrogen (secondary N) is 1. The lowest BCUT2D eigenvalue weighted by Crippen LogP contribution is -2.37. The van der Waals surface area contributed by atoms with Crippen molar-refractivity contribution in [3.63, 3.8) is 0 Å². The monoisotopic (exact) mass is 263 g/mol. The van der Waals surface area contributed by atoms with E-state index >= 15 is 0 Å². The molecule has 1 atom stereocenters. The molecule has 1 aromatic rings. The Morgan fingerprint density at radius 3 is 2.17 bits per heavy atom. The van der Waals surface area contributed by atoms with E-state index in [4.69, 9.17) is 10.2 Å². The average Bonchev–Trinajstić information content (AvgIpc) is 2.24. The van der Waals surface area contributed by atoms with Gasteiger partial charge in [-0.1, -0.05) is 0 Å². The van der Waals surface area contributed by atoms with Crippen molar-refractivity contribution in [1.29, 1.82) is 0 Å². The van der Waals surface area contributed by atoms with Crippen LogP contribution >= 0.6 is 0 Å². The predicted molar refractivity (Wildman–Crippen MR) is 52.3 cm³/mol. The second kappa shape index (κ2) is 5.50. The fourth-order valence-electron chi connectivity index (χ4n) is 1.12.